The molecule has 3 aromatic heterocycles. The lowest BCUT2D eigenvalue weighted by atomic mass is 10.1. The van der Waals surface area contributed by atoms with Gasteiger partial charge in [0, 0.05) is 25.2 Å². The van der Waals surface area contributed by atoms with E-state index in [0.717, 1.165) is 49.3 Å². The molecule has 0 bridgehead atoms. The van der Waals surface area contributed by atoms with Gasteiger partial charge in [-0.1, -0.05) is 53.7 Å². The van der Waals surface area contributed by atoms with Crippen molar-refractivity contribution in [2.24, 2.45) is 0 Å². The lowest BCUT2D eigenvalue weighted by Crippen LogP contribution is -2.32. The molecule has 9 heteroatoms. The first-order chi connectivity index (χ1) is 18.2. The molecule has 4 heterocycles. The minimum absolute atomic E-state index is 0.107. The average molecular weight is 492 g/mol. The van der Waals surface area contributed by atoms with Crippen LogP contribution in [-0.4, -0.2) is 37.3 Å². The maximum Gasteiger partial charge on any atom is 0.278 e. The van der Waals surface area contributed by atoms with E-state index in [0.29, 0.717) is 34.9 Å². The van der Waals surface area contributed by atoms with E-state index in [-0.39, 0.29) is 12.1 Å². The van der Waals surface area contributed by atoms with E-state index in [1.54, 1.807) is 0 Å². The van der Waals surface area contributed by atoms with E-state index in [1.165, 1.54) is 10.9 Å². The topological polar surface area (TPSA) is 106 Å². The quantitative estimate of drug-likeness (QED) is 0.350. The maximum absolute atomic E-state index is 13.9. The van der Waals surface area contributed by atoms with Gasteiger partial charge in [-0.3, -0.25) is 9.36 Å². The third-order valence-corrected chi connectivity index (χ3v) is 6.75. The van der Waals surface area contributed by atoms with Crippen LogP contribution in [0.2, 0.25) is 0 Å². The molecule has 0 atom stereocenters. The van der Waals surface area contributed by atoms with Crippen molar-refractivity contribution in [1.82, 2.24) is 24.3 Å². The molecule has 0 saturated carbocycles. The summed E-state index contributed by atoms with van der Waals surface area (Å²) in [6.45, 7) is 2.26. The summed E-state index contributed by atoms with van der Waals surface area (Å²) in [5.41, 5.74) is 2.90. The number of rotatable bonds is 6. The smallest absolute Gasteiger partial charge is 0.278 e. The summed E-state index contributed by atoms with van der Waals surface area (Å²) in [7, 11) is 0. The summed E-state index contributed by atoms with van der Waals surface area (Å²) < 4.78 is 8.86. The molecule has 0 spiro atoms. The number of fused-ring (bicyclic) bond motifs is 1. The van der Waals surface area contributed by atoms with Gasteiger partial charge >= 0.3 is 0 Å². The van der Waals surface area contributed by atoms with Crippen molar-refractivity contribution >= 4 is 16.9 Å². The molecule has 37 heavy (non-hydrogen) atoms. The fourth-order valence-corrected chi connectivity index (χ4v) is 4.99. The third-order valence-electron chi connectivity index (χ3n) is 6.75. The van der Waals surface area contributed by atoms with Crippen LogP contribution in [0, 0.1) is 11.3 Å². The normalized spacial score (nSPS) is 13.6. The number of anilines is 1. The molecule has 0 amide bonds. The van der Waals surface area contributed by atoms with E-state index >= 15 is 0 Å². The van der Waals surface area contributed by atoms with Gasteiger partial charge in [0.05, 0.1) is 12.9 Å². The van der Waals surface area contributed by atoms with Gasteiger partial charge in [-0.05, 0) is 37.0 Å². The number of nitriles is 1. The van der Waals surface area contributed by atoms with Gasteiger partial charge in [0.1, 0.15) is 28.5 Å². The fourth-order valence-electron chi connectivity index (χ4n) is 4.99. The molecule has 184 valence electrons. The Morgan fingerprint density at radius 1 is 0.946 bits per heavy atom. The van der Waals surface area contributed by atoms with Crippen LogP contribution in [0.5, 0.6) is 0 Å². The molecule has 5 aromatic rings. The number of benzene rings is 2. The highest BCUT2D eigenvalue weighted by Gasteiger charge is 2.27. The third kappa shape index (κ3) is 4.27. The van der Waals surface area contributed by atoms with Crippen LogP contribution in [0.25, 0.3) is 22.5 Å². The van der Waals surface area contributed by atoms with Crippen LogP contribution in [0.15, 0.2) is 76.3 Å². The van der Waals surface area contributed by atoms with Gasteiger partial charge in [-0.15, -0.1) is 0 Å². The molecule has 1 aliphatic rings. The Morgan fingerprint density at radius 2 is 1.68 bits per heavy atom. The van der Waals surface area contributed by atoms with Crippen molar-refractivity contribution in [3.8, 4) is 17.5 Å². The van der Waals surface area contributed by atoms with Gasteiger partial charge < -0.3 is 14.0 Å². The van der Waals surface area contributed by atoms with Crippen molar-refractivity contribution in [3.63, 3.8) is 0 Å². The molecule has 1 saturated heterocycles. The number of hydrogen-bond acceptors (Lipinski definition) is 7. The summed E-state index contributed by atoms with van der Waals surface area (Å²) in [6.07, 6.45) is 4.74. The standard InChI is InChI=1S/C28H25N7O2/c29-16-22-24-25(35(17-20-10-4-1-5-11-20)27(22)33-14-8-3-9-15-33)28(36)34(19-30-24)18-23-31-26(37-32-23)21-12-6-2-7-13-21/h1-2,4-7,10-13,19H,3,8-9,14-15,17-18H2. The Bertz CT molecular complexity index is 1640. The zero-order valence-electron chi connectivity index (χ0n) is 20.2. The molecule has 1 aliphatic heterocycles. The lowest BCUT2D eigenvalue weighted by molar-refractivity contribution is 0.420. The second-order valence-electron chi connectivity index (χ2n) is 9.19. The Balaban J connectivity index is 1.46. The summed E-state index contributed by atoms with van der Waals surface area (Å²) in [6, 6.07) is 21.8. The molecule has 0 unspecified atom stereocenters. The SMILES string of the molecule is N#Cc1c(N2CCCCC2)n(Cc2ccccc2)c2c(=O)n(Cc3noc(-c4ccccc4)n3)cnc12. The van der Waals surface area contributed by atoms with E-state index in [2.05, 4.69) is 26.1 Å². The van der Waals surface area contributed by atoms with Crippen LogP contribution < -0.4 is 10.5 Å². The summed E-state index contributed by atoms with van der Waals surface area (Å²) in [4.78, 5) is 25.2. The van der Waals surface area contributed by atoms with Gasteiger partial charge in [0.15, 0.2) is 5.82 Å². The van der Waals surface area contributed by atoms with Gasteiger partial charge in [-0.25, -0.2) is 4.98 Å². The molecule has 0 N–H and O–H groups in total. The summed E-state index contributed by atoms with van der Waals surface area (Å²) in [5.74, 6) is 1.54. The molecule has 0 aliphatic carbocycles. The van der Waals surface area contributed by atoms with Crippen LogP contribution >= 0.6 is 0 Å². The van der Waals surface area contributed by atoms with Gasteiger partial charge in [0.25, 0.3) is 11.4 Å². The van der Waals surface area contributed by atoms with Crippen LogP contribution in [0.3, 0.4) is 0 Å². The van der Waals surface area contributed by atoms with Crippen molar-refractivity contribution < 1.29 is 4.52 Å². The van der Waals surface area contributed by atoms with E-state index in [4.69, 9.17) is 4.52 Å². The molecular weight excluding hydrogens is 466 g/mol. The summed E-state index contributed by atoms with van der Waals surface area (Å²) in [5, 5.41) is 14.2. The molecular formula is C28H25N7O2. The van der Waals surface area contributed by atoms with Crippen LogP contribution in [0.4, 0.5) is 5.82 Å². The minimum Gasteiger partial charge on any atom is -0.357 e. The van der Waals surface area contributed by atoms with Crippen molar-refractivity contribution in [1.29, 1.82) is 5.26 Å². The molecule has 2 aromatic carbocycles. The Kier molecular flexibility index (Phi) is 5.98. The number of nitrogens with zero attached hydrogens (tertiary/aromatic N) is 7. The number of piperidine rings is 1. The van der Waals surface area contributed by atoms with E-state index in [1.807, 2.05) is 65.2 Å². The molecule has 0 radical (unpaired) electrons. The second kappa shape index (κ2) is 9.74. The Labute approximate surface area is 213 Å². The maximum atomic E-state index is 13.9. The van der Waals surface area contributed by atoms with Crippen molar-refractivity contribution in [3.05, 3.63) is 94.3 Å². The first kappa shape index (κ1) is 22.7. The van der Waals surface area contributed by atoms with E-state index in [9.17, 15) is 10.1 Å². The zero-order valence-corrected chi connectivity index (χ0v) is 20.2. The van der Waals surface area contributed by atoms with Crippen molar-refractivity contribution in [2.45, 2.75) is 32.4 Å². The molecule has 1 fully saturated rings. The van der Waals surface area contributed by atoms with Gasteiger partial charge in [-0.2, -0.15) is 10.2 Å². The Morgan fingerprint density at radius 3 is 2.41 bits per heavy atom. The Hall–Kier alpha value is -4.71. The number of aromatic nitrogens is 5. The molecule has 9 nitrogen and oxygen atoms in total. The molecule has 6 rings (SSSR count). The second-order valence-corrected chi connectivity index (χ2v) is 9.19. The van der Waals surface area contributed by atoms with Crippen LogP contribution in [-0.2, 0) is 13.1 Å². The highest BCUT2D eigenvalue weighted by Crippen LogP contribution is 2.32. The first-order valence-corrected chi connectivity index (χ1v) is 12.4. The fraction of sp³-hybridized carbons (Fsp3) is 0.250. The largest absolute Gasteiger partial charge is 0.357 e. The van der Waals surface area contributed by atoms with E-state index < -0.39 is 0 Å². The summed E-state index contributed by atoms with van der Waals surface area (Å²) >= 11 is 0. The highest BCUT2D eigenvalue weighted by atomic mass is 16.5. The average Bonchev–Trinajstić information content (AvgIpc) is 3.54. The predicted molar refractivity (Wildman–Crippen MR) is 139 cm³/mol. The lowest BCUT2D eigenvalue weighted by Gasteiger charge is -2.30. The van der Waals surface area contributed by atoms with Gasteiger partial charge in [0.2, 0.25) is 0 Å². The highest BCUT2D eigenvalue weighted by molar-refractivity contribution is 5.89. The van der Waals surface area contributed by atoms with Crippen molar-refractivity contribution in [2.75, 3.05) is 18.0 Å². The minimum atomic E-state index is -0.244. The van der Waals surface area contributed by atoms with Crippen LogP contribution in [0.1, 0.15) is 36.2 Å². The number of hydrogen-bond donors (Lipinski definition) is 0. The monoisotopic (exact) mass is 491 g/mol. The predicted octanol–water partition coefficient (Wildman–Crippen LogP) is 4.21. The zero-order chi connectivity index (χ0) is 25.2. The first-order valence-electron chi connectivity index (χ1n) is 12.4.